The molecule has 0 aliphatic carbocycles. The zero-order valence-corrected chi connectivity index (χ0v) is 18.8. The van der Waals surface area contributed by atoms with E-state index in [0.717, 1.165) is 5.56 Å². The number of hydrogen-bond donors (Lipinski definition) is 1. The molecule has 32 heavy (non-hydrogen) atoms. The fourth-order valence-electron chi connectivity index (χ4n) is 3.77. The molecule has 0 radical (unpaired) electrons. The predicted molar refractivity (Wildman–Crippen MR) is 129 cm³/mol. The van der Waals surface area contributed by atoms with Crippen molar-refractivity contribution < 1.29 is 4.74 Å². The fourth-order valence-corrected chi connectivity index (χ4v) is 3.77. The van der Waals surface area contributed by atoms with Crippen LogP contribution < -0.4 is 10.3 Å². The maximum atomic E-state index is 12.3. The molecule has 0 spiro atoms. The minimum Gasteiger partial charge on any atom is -0.426 e. The number of pyridine rings is 1. The lowest BCUT2D eigenvalue weighted by Crippen LogP contribution is -2.09. The monoisotopic (exact) mass is 425 g/mol. The molecule has 162 valence electrons. The Labute approximate surface area is 187 Å². The topological polar surface area (TPSA) is 67.9 Å². The van der Waals surface area contributed by atoms with Crippen LogP contribution in [0.5, 0.6) is 11.8 Å². The van der Waals surface area contributed by atoms with Gasteiger partial charge in [-0.15, -0.1) is 0 Å². The Hall–Kier alpha value is -3.73. The molecule has 1 unspecified atom stereocenters. The fraction of sp³-hybridized carbons (Fsp3) is 0.222. The lowest BCUT2D eigenvalue weighted by molar-refractivity contribution is 0.442. The molecule has 0 saturated heterocycles. The van der Waals surface area contributed by atoms with E-state index in [0.29, 0.717) is 28.5 Å². The summed E-state index contributed by atoms with van der Waals surface area (Å²) in [5.74, 6) is 1.28. The first-order valence-corrected chi connectivity index (χ1v) is 10.8. The zero-order chi connectivity index (χ0) is 22.7. The molecule has 5 heteroatoms. The lowest BCUT2D eigenvalue weighted by atomic mass is 9.90. The van der Waals surface area contributed by atoms with Gasteiger partial charge in [0.1, 0.15) is 5.75 Å². The highest BCUT2D eigenvalue weighted by molar-refractivity contribution is 5.76. The van der Waals surface area contributed by atoms with Crippen LogP contribution >= 0.6 is 0 Å². The van der Waals surface area contributed by atoms with Gasteiger partial charge in [-0.25, -0.2) is 0 Å². The van der Waals surface area contributed by atoms with Gasteiger partial charge in [0.05, 0.1) is 17.1 Å². The molecule has 2 aromatic heterocycles. The second-order valence-electron chi connectivity index (χ2n) is 8.33. The highest BCUT2D eigenvalue weighted by atomic mass is 16.5. The zero-order valence-electron chi connectivity index (χ0n) is 18.8. The summed E-state index contributed by atoms with van der Waals surface area (Å²) in [5, 5.41) is 0.483. The van der Waals surface area contributed by atoms with Crippen molar-refractivity contribution in [3.63, 3.8) is 0 Å². The number of aromatic amines is 1. The third kappa shape index (κ3) is 4.62. The van der Waals surface area contributed by atoms with Crippen molar-refractivity contribution >= 4 is 17.0 Å². The van der Waals surface area contributed by atoms with Gasteiger partial charge in [-0.2, -0.15) is 4.98 Å². The van der Waals surface area contributed by atoms with E-state index in [1.54, 1.807) is 18.5 Å². The lowest BCUT2D eigenvalue weighted by Gasteiger charge is -2.16. The standard InChI is InChI=1S/C27H27N3O2/c1-17(2)23-11-10-22(32-27-29-25-16-28-13-12-24(25)26(31)30-27)15-21(23)14-18(3)19(4)20-8-6-5-7-9-20/h5-17,19H,1-4H3,(H,29,30,31)/b18-14+. The minimum absolute atomic E-state index is 0.150. The van der Waals surface area contributed by atoms with Crippen LogP contribution in [0.3, 0.4) is 0 Å². The molecule has 0 amide bonds. The summed E-state index contributed by atoms with van der Waals surface area (Å²) in [5.41, 5.74) is 5.13. The second-order valence-corrected chi connectivity index (χ2v) is 8.33. The molecular weight excluding hydrogens is 398 g/mol. The minimum atomic E-state index is -0.251. The molecule has 0 fully saturated rings. The number of ether oxygens (including phenoxy) is 1. The van der Waals surface area contributed by atoms with Crippen molar-refractivity contribution in [2.24, 2.45) is 0 Å². The van der Waals surface area contributed by atoms with E-state index >= 15 is 0 Å². The van der Waals surface area contributed by atoms with Gasteiger partial charge in [-0.3, -0.25) is 14.8 Å². The Morgan fingerprint density at radius 1 is 1.06 bits per heavy atom. The average molecular weight is 426 g/mol. The van der Waals surface area contributed by atoms with Crippen LogP contribution in [0.2, 0.25) is 0 Å². The largest absolute Gasteiger partial charge is 0.426 e. The van der Waals surface area contributed by atoms with Gasteiger partial charge in [0.2, 0.25) is 0 Å². The summed E-state index contributed by atoms with van der Waals surface area (Å²) in [6.07, 6.45) is 5.35. The van der Waals surface area contributed by atoms with Crippen LogP contribution in [0.1, 0.15) is 56.2 Å². The van der Waals surface area contributed by atoms with Gasteiger partial charge in [0.25, 0.3) is 5.56 Å². The molecule has 4 aromatic rings. The van der Waals surface area contributed by atoms with Crippen LogP contribution in [-0.2, 0) is 0 Å². The van der Waals surface area contributed by atoms with E-state index in [1.807, 2.05) is 18.2 Å². The number of fused-ring (bicyclic) bond motifs is 1. The highest BCUT2D eigenvalue weighted by Crippen LogP contribution is 2.31. The van der Waals surface area contributed by atoms with Crippen molar-refractivity contribution in [1.82, 2.24) is 15.0 Å². The van der Waals surface area contributed by atoms with Crippen LogP contribution in [0, 0.1) is 0 Å². The van der Waals surface area contributed by atoms with E-state index in [-0.39, 0.29) is 11.6 Å². The Kier molecular flexibility index (Phi) is 6.17. The average Bonchev–Trinajstić information content (AvgIpc) is 2.79. The number of H-pyrrole nitrogens is 1. The summed E-state index contributed by atoms with van der Waals surface area (Å²) < 4.78 is 5.95. The van der Waals surface area contributed by atoms with Gasteiger partial charge in [-0.1, -0.05) is 68.8 Å². The summed E-state index contributed by atoms with van der Waals surface area (Å²) in [6.45, 7) is 8.73. The van der Waals surface area contributed by atoms with Gasteiger partial charge < -0.3 is 4.74 Å². The number of nitrogens with one attached hydrogen (secondary N) is 1. The van der Waals surface area contributed by atoms with Crippen LogP contribution in [-0.4, -0.2) is 15.0 Å². The summed E-state index contributed by atoms with van der Waals surface area (Å²) in [6, 6.07) is 18.3. The third-order valence-corrected chi connectivity index (χ3v) is 5.75. The first-order chi connectivity index (χ1) is 15.4. The summed E-state index contributed by atoms with van der Waals surface area (Å²) >= 11 is 0. The van der Waals surface area contributed by atoms with Crippen molar-refractivity contribution in [2.45, 2.75) is 39.5 Å². The van der Waals surface area contributed by atoms with Gasteiger partial charge in [0, 0.05) is 12.1 Å². The Morgan fingerprint density at radius 2 is 1.84 bits per heavy atom. The van der Waals surface area contributed by atoms with E-state index in [1.165, 1.54) is 16.7 Å². The van der Waals surface area contributed by atoms with Crippen molar-refractivity contribution in [3.05, 3.63) is 99.6 Å². The molecule has 4 rings (SSSR count). The smallest absolute Gasteiger partial charge is 0.302 e. The number of hydrogen-bond acceptors (Lipinski definition) is 4. The molecule has 1 N–H and O–H groups in total. The third-order valence-electron chi connectivity index (χ3n) is 5.75. The summed E-state index contributed by atoms with van der Waals surface area (Å²) in [4.78, 5) is 23.5. The molecule has 1 atom stereocenters. The molecule has 0 saturated carbocycles. The number of nitrogens with zero attached hydrogens (tertiary/aromatic N) is 2. The van der Waals surface area contributed by atoms with Crippen molar-refractivity contribution in [3.8, 4) is 11.8 Å². The number of rotatable bonds is 6. The van der Waals surface area contributed by atoms with E-state index in [9.17, 15) is 4.79 Å². The maximum absolute atomic E-state index is 12.3. The highest BCUT2D eigenvalue weighted by Gasteiger charge is 2.12. The maximum Gasteiger partial charge on any atom is 0.302 e. The Balaban J connectivity index is 1.69. The Morgan fingerprint density at radius 3 is 2.59 bits per heavy atom. The van der Waals surface area contributed by atoms with E-state index in [4.69, 9.17) is 4.74 Å². The van der Waals surface area contributed by atoms with Gasteiger partial charge in [-0.05, 0) is 47.7 Å². The predicted octanol–water partition coefficient (Wildman–Crippen LogP) is 6.44. The molecule has 0 aliphatic heterocycles. The van der Waals surface area contributed by atoms with Gasteiger partial charge in [0.15, 0.2) is 0 Å². The first kappa shape index (κ1) is 21.5. The molecular formula is C27H27N3O2. The van der Waals surface area contributed by atoms with Crippen molar-refractivity contribution in [1.29, 1.82) is 0 Å². The van der Waals surface area contributed by atoms with Crippen LogP contribution in [0.25, 0.3) is 17.0 Å². The first-order valence-electron chi connectivity index (χ1n) is 10.8. The van der Waals surface area contributed by atoms with Gasteiger partial charge >= 0.3 is 6.01 Å². The molecule has 2 heterocycles. The molecule has 5 nitrogen and oxygen atoms in total. The number of benzene rings is 2. The molecule has 0 aliphatic rings. The number of allylic oxidation sites excluding steroid dienone is 1. The summed E-state index contributed by atoms with van der Waals surface area (Å²) in [7, 11) is 0. The second kappa shape index (κ2) is 9.18. The molecule has 2 aromatic carbocycles. The van der Waals surface area contributed by atoms with E-state index < -0.39 is 0 Å². The van der Waals surface area contributed by atoms with Crippen molar-refractivity contribution in [2.75, 3.05) is 0 Å². The quantitative estimate of drug-likeness (QED) is 0.386. The number of aromatic nitrogens is 3. The van der Waals surface area contributed by atoms with Crippen LogP contribution in [0.15, 0.2) is 77.4 Å². The Bertz CT molecular complexity index is 1320. The SMILES string of the molecule is C/C(=C\c1cc(Oc2nc3cnccc3c(=O)[nH]2)ccc1C(C)C)C(C)c1ccccc1. The van der Waals surface area contributed by atoms with E-state index in [2.05, 4.69) is 79.1 Å². The molecule has 0 bridgehead atoms. The van der Waals surface area contributed by atoms with Crippen LogP contribution in [0.4, 0.5) is 0 Å². The normalized spacial score (nSPS) is 12.8.